The lowest BCUT2D eigenvalue weighted by Crippen LogP contribution is -2.26. The van der Waals surface area contributed by atoms with Crippen molar-refractivity contribution in [2.24, 2.45) is 5.14 Å². The highest BCUT2D eigenvalue weighted by Gasteiger charge is 2.16. The Kier molecular flexibility index (Phi) is 7.03. The molecule has 0 aromatic heterocycles. The number of amides is 1. The van der Waals surface area contributed by atoms with Crippen molar-refractivity contribution in [1.82, 2.24) is 5.32 Å². The van der Waals surface area contributed by atoms with Crippen molar-refractivity contribution in [3.8, 4) is 17.2 Å². The first-order valence-corrected chi connectivity index (χ1v) is 11.0. The molecule has 0 saturated heterocycles. The monoisotopic (exact) mass is 435 g/mol. The molecule has 158 valence electrons. The number of rotatable bonds is 7. The highest BCUT2D eigenvalue weighted by molar-refractivity contribution is 7.89. The van der Waals surface area contributed by atoms with E-state index in [1.165, 1.54) is 18.2 Å². The molecule has 0 atom stereocenters. The van der Waals surface area contributed by atoms with Gasteiger partial charge in [0, 0.05) is 12.1 Å². The Hall–Kier alpha value is -3.67. The number of alkyl carbamates (subject to hydrolysis) is 1. The molecular formula is C23H21N3O4S. The standard InChI is InChI=1S/C23H21N3O4S/c24-15-19-8-11-22(31(25,28)29)21(14-19)20-9-6-17(7-10-20)12-13-26-23(27)30-16-18-4-2-1-3-5-18/h1-11,14H,12-13,16H2,(H,26,27)(H2,25,28,29). The highest BCUT2D eigenvalue weighted by Crippen LogP contribution is 2.28. The van der Waals surface area contributed by atoms with Gasteiger partial charge in [-0.1, -0.05) is 54.6 Å². The second-order valence-corrected chi connectivity index (χ2v) is 8.33. The molecule has 0 unspecified atom stereocenters. The van der Waals surface area contributed by atoms with E-state index in [0.29, 0.717) is 29.7 Å². The number of carbonyl (C=O) groups is 1. The van der Waals surface area contributed by atoms with Crippen LogP contribution in [0.15, 0.2) is 77.7 Å². The molecule has 0 saturated carbocycles. The fraction of sp³-hybridized carbons (Fsp3) is 0.130. The van der Waals surface area contributed by atoms with Gasteiger partial charge in [0.25, 0.3) is 0 Å². The van der Waals surface area contributed by atoms with Crippen LogP contribution in [0, 0.1) is 11.3 Å². The number of hydrogen-bond donors (Lipinski definition) is 2. The smallest absolute Gasteiger partial charge is 0.407 e. The Labute approximate surface area is 181 Å². The fourth-order valence-corrected chi connectivity index (χ4v) is 3.75. The first-order chi connectivity index (χ1) is 14.9. The van der Waals surface area contributed by atoms with Crippen LogP contribution >= 0.6 is 0 Å². The molecule has 31 heavy (non-hydrogen) atoms. The van der Waals surface area contributed by atoms with Crippen molar-refractivity contribution in [1.29, 1.82) is 5.26 Å². The Morgan fingerprint density at radius 3 is 2.35 bits per heavy atom. The number of nitriles is 1. The maximum atomic E-state index is 11.9. The van der Waals surface area contributed by atoms with Crippen LogP contribution in [0.1, 0.15) is 16.7 Å². The summed E-state index contributed by atoms with van der Waals surface area (Å²) in [4.78, 5) is 11.8. The first kappa shape index (κ1) is 22.0. The molecule has 8 heteroatoms. The van der Waals surface area contributed by atoms with Crippen molar-refractivity contribution in [2.75, 3.05) is 6.54 Å². The Morgan fingerprint density at radius 1 is 1.00 bits per heavy atom. The quantitative estimate of drug-likeness (QED) is 0.589. The van der Waals surface area contributed by atoms with E-state index in [2.05, 4.69) is 5.32 Å². The number of nitrogens with one attached hydrogen (secondary N) is 1. The zero-order valence-electron chi connectivity index (χ0n) is 16.6. The molecule has 0 fully saturated rings. The van der Waals surface area contributed by atoms with E-state index < -0.39 is 16.1 Å². The molecule has 7 nitrogen and oxygen atoms in total. The topological polar surface area (TPSA) is 122 Å². The molecular weight excluding hydrogens is 414 g/mol. The Balaban J connectivity index is 1.60. The summed E-state index contributed by atoms with van der Waals surface area (Å²) in [6.07, 6.45) is 0.0765. The van der Waals surface area contributed by atoms with Gasteiger partial charge < -0.3 is 10.1 Å². The van der Waals surface area contributed by atoms with Crippen LogP contribution in [0.25, 0.3) is 11.1 Å². The SMILES string of the molecule is N#Cc1ccc(S(N)(=O)=O)c(-c2ccc(CCNC(=O)OCc3ccccc3)cc2)c1. The number of nitrogens with two attached hydrogens (primary N) is 1. The minimum atomic E-state index is -3.94. The minimum Gasteiger partial charge on any atom is -0.445 e. The number of benzene rings is 3. The molecule has 0 radical (unpaired) electrons. The van der Waals surface area contributed by atoms with Crippen LogP contribution in [0.5, 0.6) is 0 Å². The molecule has 0 bridgehead atoms. The van der Waals surface area contributed by atoms with Crippen LogP contribution in [0.2, 0.25) is 0 Å². The summed E-state index contributed by atoms with van der Waals surface area (Å²) in [6.45, 7) is 0.592. The normalized spacial score (nSPS) is 10.8. The van der Waals surface area contributed by atoms with E-state index in [9.17, 15) is 13.2 Å². The van der Waals surface area contributed by atoms with Gasteiger partial charge in [0.1, 0.15) is 6.61 Å². The second-order valence-electron chi connectivity index (χ2n) is 6.80. The van der Waals surface area contributed by atoms with Crippen LogP contribution in [-0.2, 0) is 27.8 Å². The molecule has 0 aliphatic rings. The van der Waals surface area contributed by atoms with Crippen LogP contribution < -0.4 is 10.5 Å². The van der Waals surface area contributed by atoms with E-state index in [0.717, 1.165) is 11.1 Å². The van der Waals surface area contributed by atoms with Crippen molar-refractivity contribution in [3.63, 3.8) is 0 Å². The van der Waals surface area contributed by atoms with Gasteiger partial charge in [-0.15, -0.1) is 0 Å². The van der Waals surface area contributed by atoms with Crippen molar-refractivity contribution in [2.45, 2.75) is 17.9 Å². The van der Waals surface area contributed by atoms with E-state index >= 15 is 0 Å². The van der Waals surface area contributed by atoms with Crippen molar-refractivity contribution < 1.29 is 17.9 Å². The van der Waals surface area contributed by atoms with Gasteiger partial charge in [-0.2, -0.15) is 5.26 Å². The molecule has 0 heterocycles. The highest BCUT2D eigenvalue weighted by atomic mass is 32.2. The van der Waals surface area contributed by atoms with Gasteiger partial charge >= 0.3 is 6.09 Å². The van der Waals surface area contributed by atoms with Crippen LogP contribution in [0.3, 0.4) is 0 Å². The Morgan fingerprint density at radius 2 is 1.71 bits per heavy atom. The molecule has 3 N–H and O–H groups in total. The molecule has 0 aliphatic carbocycles. The number of nitrogens with zero attached hydrogens (tertiary/aromatic N) is 1. The summed E-state index contributed by atoms with van der Waals surface area (Å²) < 4.78 is 28.9. The molecule has 3 aromatic rings. The molecule has 0 aliphatic heterocycles. The number of carbonyl (C=O) groups excluding carboxylic acids is 1. The number of primary sulfonamides is 1. The first-order valence-electron chi connectivity index (χ1n) is 9.47. The third kappa shape index (κ3) is 6.15. The molecule has 0 spiro atoms. The predicted molar refractivity (Wildman–Crippen MR) is 116 cm³/mol. The maximum absolute atomic E-state index is 11.9. The summed E-state index contributed by atoms with van der Waals surface area (Å²) in [6, 6.07) is 22.8. The maximum Gasteiger partial charge on any atom is 0.407 e. The van der Waals surface area contributed by atoms with Gasteiger partial charge in [-0.05, 0) is 41.3 Å². The third-order valence-corrected chi connectivity index (χ3v) is 5.54. The lowest BCUT2D eigenvalue weighted by atomic mass is 10.0. The van der Waals surface area contributed by atoms with E-state index in [4.69, 9.17) is 15.1 Å². The number of sulfonamides is 1. The van der Waals surface area contributed by atoms with Crippen molar-refractivity contribution in [3.05, 3.63) is 89.5 Å². The van der Waals surface area contributed by atoms with Gasteiger partial charge in [0.2, 0.25) is 10.0 Å². The zero-order valence-corrected chi connectivity index (χ0v) is 17.4. The van der Waals surface area contributed by atoms with E-state index in [1.807, 2.05) is 48.5 Å². The van der Waals surface area contributed by atoms with E-state index in [1.54, 1.807) is 12.1 Å². The average Bonchev–Trinajstić information content (AvgIpc) is 2.78. The summed E-state index contributed by atoms with van der Waals surface area (Å²) in [5.41, 5.74) is 3.19. The zero-order chi connectivity index (χ0) is 22.3. The number of ether oxygens (including phenoxy) is 1. The van der Waals surface area contributed by atoms with Gasteiger partial charge in [-0.3, -0.25) is 0 Å². The lowest BCUT2D eigenvalue weighted by Gasteiger charge is -2.10. The molecule has 3 aromatic carbocycles. The van der Waals surface area contributed by atoms with Gasteiger partial charge in [-0.25, -0.2) is 18.4 Å². The Bertz CT molecular complexity index is 1200. The van der Waals surface area contributed by atoms with Crippen molar-refractivity contribution >= 4 is 16.1 Å². The van der Waals surface area contributed by atoms with Gasteiger partial charge in [0.15, 0.2) is 0 Å². The predicted octanol–water partition coefficient (Wildman–Crippen LogP) is 3.34. The average molecular weight is 436 g/mol. The summed E-state index contributed by atoms with van der Waals surface area (Å²) >= 11 is 0. The summed E-state index contributed by atoms with van der Waals surface area (Å²) in [5, 5.41) is 17.1. The minimum absolute atomic E-state index is 0.0397. The summed E-state index contributed by atoms with van der Waals surface area (Å²) in [5.74, 6) is 0. The number of hydrogen-bond acceptors (Lipinski definition) is 5. The fourth-order valence-electron chi connectivity index (χ4n) is 3.01. The van der Waals surface area contributed by atoms with Gasteiger partial charge in [0.05, 0.1) is 16.5 Å². The van der Waals surface area contributed by atoms with Crippen LogP contribution in [-0.4, -0.2) is 21.1 Å². The van der Waals surface area contributed by atoms with Crippen LogP contribution in [0.4, 0.5) is 4.79 Å². The largest absolute Gasteiger partial charge is 0.445 e. The second kappa shape index (κ2) is 9.89. The third-order valence-electron chi connectivity index (χ3n) is 4.58. The van der Waals surface area contributed by atoms with E-state index in [-0.39, 0.29) is 11.5 Å². The molecule has 3 rings (SSSR count). The summed E-state index contributed by atoms with van der Waals surface area (Å²) in [7, 11) is -3.94. The lowest BCUT2D eigenvalue weighted by molar-refractivity contribution is 0.140. The molecule has 1 amide bonds.